The van der Waals surface area contributed by atoms with E-state index in [9.17, 15) is 4.79 Å². The van der Waals surface area contributed by atoms with Crippen molar-refractivity contribution in [2.45, 2.75) is 13.5 Å². The van der Waals surface area contributed by atoms with Gasteiger partial charge < -0.3 is 9.88 Å². The minimum Gasteiger partial charge on any atom is -0.361 e. The van der Waals surface area contributed by atoms with Crippen LogP contribution in [0, 0.1) is 0 Å². The first-order valence-corrected chi connectivity index (χ1v) is 7.04. The van der Waals surface area contributed by atoms with E-state index in [0.717, 1.165) is 16.6 Å². The zero-order chi connectivity index (χ0) is 14.7. The largest absolute Gasteiger partial charge is 0.361 e. The molecule has 1 amide bonds. The van der Waals surface area contributed by atoms with Gasteiger partial charge in [-0.3, -0.25) is 9.78 Å². The van der Waals surface area contributed by atoms with E-state index < -0.39 is 0 Å². The minimum atomic E-state index is 0.0275. The number of carbonyl (C=O) groups excluding carboxylic acids is 1. The fourth-order valence-electron chi connectivity index (χ4n) is 2.38. The molecule has 0 aliphatic heterocycles. The van der Waals surface area contributed by atoms with Crippen LogP contribution in [-0.2, 0) is 6.54 Å². The Hall–Kier alpha value is -2.62. The van der Waals surface area contributed by atoms with E-state index in [4.69, 9.17) is 0 Å². The van der Waals surface area contributed by atoms with Crippen molar-refractivity contribution >= 4 is 16.8 Å². The van der Waals surface area contributed by atoms with Crippen LogP contribution in [0.1, 0.15) is 23.0 Å². The van der Waals surface area contributed by atoms with Crippen LogP contribution < -0.4 is 0 Å². The van der Waals surface area contributed by atoms with Gasteiger partial charge >= 0.3 is 0 Å². The molecule has 0 radical (unpaired) electrons. The van der Waals surface area contributed by atoms with E-state index in [2.05, 4.69) is 9.97 Å². The van der Waals surface area contributed by atoms with Crippen LogP contribution in [0.25, 0.3) is 10.9 Å². The number of amides is 1. The number of nitrogens with one attached hydrogen (secondary N) is 1. The van der Waals surface area contributed by atoms with Crippen molar-refractivity contribution in [3.8, 4) is 0 Å². The Morgan fingerprint density at radius 2 is 2.14 bits per heavy atom. The number of rotatable bonds is 4. The summed E-state index contributed by atoms with van der Waals surface area (Å²) in [7, 11) is 0. The third kappa shape index (κ3) is 2.79. The molecule has 106 valence electrons. The highest BCUT2D eigenvalue weighted by Gasteiger charge is 2.15. The van der Waals surface area contributed by atoms with E-state index in [-0.39, 0.29) is 5.91 Å². The average Bonchev–Trinajstić information content (AvgIpc) is 3.00. The third-order valence-corrected chi connectivity index (χ3v) is 3.55. The van der Waals surface area contributed by atoms with Crippen LogP contribution in [0.15, 0.2) is 54.9 Å². The van der Waals surface area contributed by atoms with E-state index >= 15 is 0 Å². The van der Waals surface area contributed by atoms with Gasteiger partial charge in [-0.15, -0.1) is 0 Å². The van der Waals surface area contributed by atoms with Crippen LogP contribution >= 0.6 is 0 Å². The van der Waals surface area contributed by atoms with E-state index in [1.807, 2.05) is 55.6 Å². The van der Waals surface area contributed by atoms with Gasteiger partial charge in [0.15, 0.2) is 0 Å². The van der Waals surface area contributed by atoms with Crippen LogP contribution in [-0.4, -0.2) is 27.3 Å². The van der Waals surface area contributed by atoms with Gasteiger partial charge in [0.25, 0.3) is 5.91 Å². The zero-order valence-corrected chi connectivity index (χ0v) is 11.9. The molecule has 0 atom stereocenters. The second kappa shape index (κ2) is 5.79. The number of hydrogen-bond donors (Lipinski definition) is 1. The Bertz CT molecular complexity index is 749. The van der Waals surface area contributed by atoms with Gasteiger partial charge in [-0.1, -0.05) is 12.1 Å². The second-order valence-electron chi connectivity index (χ2n) is 4.92. The summed E-state index contributed by atoms with van der Waals surface area (Å²) >= 11 is 0. The van der Waals surface area contributed by atoms with Gasteiger partial charge in [0.2, 0.25) is 0 Å². The molecule has 0 saturated carbocycles. The summed E-state index contributed by atoms with van der Waals surface area (Å²) < 4.78 is 0. The molecule has 0 aliphatic carbocycles. The van der Waals surface area contributed by atoms with Crippen molar-refractivity contribution in [3.63, 3.8) is 0 Å². The molecule has 4 heteroatoms. The molecule has 1 aromatic carbocycles. The Morgan fingerprint density at radius 3 is 2.90 bits per heavy atom. The predicted octanol–water partition coefficient (Wildman–Crippen LogP) is 3.23. The summed E-state index contributed by atoms with van der Waals surface area (Å²) in [6.07, 6.45) is 3.63. The number of benzene rings is 1. The molecule has 0 saturated heterocycles. The second-order valence-corrected chi connectivity index (χ2v) is 4.92. The summed E-state index contributed by atoms with van der Waals surface area (Å²) in [4.78, 5) is 21.9. The first-order valence-electron chi connectivity index (χ1n) is 7.04. The molecule has 0 bridgehead atoms. The summed E-state index contributed by atoms with van der Waals surface area (Å²) in [6, 6.07) is 13.5. The molecule has 0 spiro atoms. The summed E-state index contributed by atoms with van der Waals surface area (Å²) in [5.74, 6) is 0.0275. The first-order chi connectivity index (χ1) is 10.3. The molecule has 1 N–H and O–H groups in total. The molecule has 0 fully saturated rings. The fourth-order valence-corrected chi connectivity index (χ4v) is 2.38. The Morgan fingerprint density at radius 1 is 1.24 bits per heavy atom. The zero-order valence-electron chi connectivity index (χ0n) is 11.9. The Balaban J connectivity index is 1.84. The maximum atomic E-state index is 12.6. The lowest BCUT2D eigenvalue weighted by atomic mass is 10.1. The highest BCUT2D eigenvalue weighted by Crippen LogP contribution is 2.16. The molecule has 0 aliphatic rings. The lowest BCUT2D eigenvalue weighted by Gasteiger charge is -2.20. The topological polar surface area (TPSA) is 49.0 Å². The molecular weight excluding hydrogens is 262 g/mol. The van der Waals surface area contributed by atoms with E-state index in [1.54, 1.807) is 11.1 Å². The highest BCUT2D eigenvalue weighted by molar-refractivity contribution is 5.97. The van der Waals surface area contributed by atoms with Gasteiger partial charge in [-0.2, -0.15) is 0 Å². The van der Waals surface area contributed by atoms with Crippen LogP contribution in [0.5, 0.6) is 0 Å². The maximum absolute atomic E-state index is 12.6. The van der Waals surface area contributed by atoms with Crippen molar-refractivity contribution in [3.05, 3.63) is 66.1 Å². The Kier molecular flexibility index (Phi) is 3.69. The molecule has 0 unspecified atom stereocenters. The average molecular weight is 279 g/mol. The quantitative estimate of drug-likeness (QED) is 0.797. The predicted molar refractivity (Wildman–Crippen MR) is 83.0 cm³/mol. The number of nitrogens with zero attached hydrogens (tertiary/aromatic N) is 2. The number of H-pyrrole nitrogens is 1. The monoisotopic (exact) mass is 279 g/mol. The number of carbonyl (C=O) groups is 1. The van der Waals surface area contributed by atoms with Crippen LogP contribution in [0.4, 0.5) is 0 Å². The minimum absolute atomic E-state index is 0.0275. The number of aromatic nitrogens is 2. The molecule has 2 aromatic heterocycles. The van der Waals surface area contributed by atoms with Crippen LogP contribution in [0.2, 0.25) is 0 Å². The summed E-state index contributed by atoms with van der Waals surface area (Å²) in [5.41, 5.74) is 2.58. The summed E-state index contributed by atoms with van der Waals surface area (Å²) in [6.45, 7) is 3.16. The molecular formula is C17H17N3O. The molecule has 2 heterocycles. The van der Waals surface area contributed by atoms with E-state index in [0.29, 0.717) is 18.7 Å². The number of aromatic amines is 1. The maximum Gasteiger partial charge on any atom is 0.254 e. The highest BCUT2D eigenvalue weighted by atomic mass is 16.2. The van der Waals surface area contributed by atoms with Crippen molar-refractivity contribution in [1.29, 1.82) is 0 Å². The molecule has 3 aromatic rings. The van der Waals surface area contributed by atoms with Gasteiger partial charge in [0.05, 0.1) is 12.2 Å². The normalized spacial score (nSPS) is 10.7. The van der Waals surface area contributed by atoms with Crippen molar-refractivity contribution in [2.75, 3.05) is 6.54 Å². The van der Waals surface area contributed by atoms with E-state index in [1.165, 1.54) is 0 Å². The third-order valence-electron chi connectivity index (χ3n) is 3.55. The standard InChI is InChI=1S/C17H17N3O/c1-2-20(12-15-5-3-4-9-18-15)17(21)14-7-6-13-8-10-19-16(13)11-14/h3-11,19H,2,12H2,1H3. The molecule has 3 rings (SSSR count). The SMILES string of the molecule is CCN(Cc1ccccn1)C(=O)c1ccc2cc[nH]c2c1. The van der Waals surface area contributed by atoms with Gasteiger partial charge in [-0.05, 0) is 42.6 Å². The number of hydrogen-bond acceptors (Lipinski definition) is 2. The molecule has 21 heavy (non-hydrogen) atoms. The van der Waals surface area contributed by atoms with Crippen LogP contribution in [0.3, 0.4) is 0 Å². The Labute approximate surface area is 123 Å². The first kappa shape index (κ1) is 13.4. The number of fused-ring (bicyclic) bond motifs is 1. The van der Waals surface area contributed by atoms with Crippen molar-refractivity contribution in [2.24, 2.45) is 0 Å². The summed E-state index contributed by atoms with van der Waals surface area (Å²) in [5, 5.41) is 1.11. The van der Waals surface area contributed by atoms with Gasteiger partial charge in [0, 0.05) is 30.0 Å². The lowest BCUT2D eigenvalue weighted by molar-refractivity contribution is 0.0751. The molecule has 4 nitrogen and oxygen atoms in total. The van der Waals surface area contributed by atoms with Crippen molar-refractivity contribution in [1.82, 2.24) is 14.9 Å². The smallest absolute Gasteiger partial charge is 0.254 e. The fraction of sp³-hybridized carbons (Fsp3) is 0.176. The number of pyridine rings is 1. The van der Waals surface area contributed by atoms with Gasteiger partial charge in [0.1, 0.15) is 0 Å². The lowest BCUT2D eigenvalue weighted by Crippen LogP contribution is -2.30. The van der Waals surface area contributed by atoms with Crippen molar-refractivity contribution < 1.29 is 4.79 Å². The van der Waals surface area contributed by atoms with Gasteiger partial charge in [-0.25, -0.2) is 0 Å².